The number of fused-ring (bicyclic) bond motifs is 1. The van der Waals surface area contributed by atoms with Gasteiger partial charge in [0.15, 0.2) is 0 Å². The summed E-state index contributed by atoms with van der Waals surface area (Å²) < 4.78 is 58.2. The van der Waals surface area contributed by atoms with E-state index in [1.807, 2.05) is 0 Å². The summed E-state index contributed by atoms with van der Waals surface area (Å²) in [6.07, 6.45) is -2.07. The van der Waals surface area contributed by atoms with Gasteiger partial charge in [-0.05, 0) is 18.2 Å². The second-order valence-electron chi connectivity index (χ2n) is 6.68. The van der Waals surface area contributed by atoms with Crippen LogP contribution in [0.2, 0.25) is 0 Å². The second-order valence-corrected chi connectivity index (χ2v) is 6.68. The maximum Gasteiger partial charge on any atom is 0.573 e. The van der Waals surface area contributed by atoms with Crippen LogP contribution in [0.1, 0.15) is 11.1 Å². The van der Waals surface area contributed by atoms with Crippen LogP contribution >= 0.6 is 0 Å². The Balaban J connectivity index is 1.80. The van der Waals surface area contributed by atoms with Crippen molar-refractivity contribution in [1.82, 2.24) is 14.2 Å². The molecule has 0 bridgehead atoms. The molecule has 0 saturated heterocycles. The minimum Gasteiger partial charge on any atom is -0.405 e. The molecular weight excluding hydrogens is 418 g/mol. The molecule has 31 heavy (non-hydrogen) atoms. The smallest absolute Gasteiger partial charge is 0.405 e. The lowest BCUT2D eigenvalue weighted by molar-refractivity contribution is -0.274. The van der Waals surface area contributed by atoms with Crippen molar-refractivity contribution >= 4 is 5.52 Å². The standard InChI is InChI=1S/C21H15F4N3O3/c22-15-6-3-5-13(10-15)18-16(12-29)19-20(30)27(8-9-28(19)26-18)11-14-4-1-2-7-17(14)31-21(23,24)25/h1-10,29H,11-12H2. The number of aromatic nitrogens is 3. The molecule has 4 rings (SSSR count). The third kappa shape index (κ3) is 4.15. The topological polar surface area (TPSA) is 68.8 Å². The van der Waals surface area contributed by atoms with Gasteiger partial charge in [-0.2, -0.15) is 5.10 Å². The first-order chi connectivity index (χ1) is 14.8. The lowest BCUT2D eigenvalue weighted by atomic mass is 10.1. The van der Waals surface area contributed by atoms with Crippen molar-refractivity contribution < 1.29 is 27.4 Å². The zero-order valence-electron chi connectivity index (χ0n) is 15.8. The van der Waals surface area contributed by atoms with Gasteiger partial charge in [0, 0.05) is 29.1 Å². The molecule has 2 heterocycles. The van der Waals surface area contributed by atoms with Crippen LogP contribution in [0.15, 0.2) is 65.7 Å². The van der Waals surface area contributed by atoms with Crippen molar-refractivity contribution in [3.8, 4) is 17.0 Å². The number of nitrogens with zero attached hydrogens (tertiary/aromatic N) is 3. The van der Waals surface area contributed by atoms with Gasteiger partial charge in [-0.15, -0.1) is 13.2 Å². The first-order valence-electron chi connectivity index (χ1n) is 9.08. The van der Waals surface area contributed by atoms with E-state index in [0.717, 1.165) is 6.07 Å². The predicted octanol–water partition coefficient (Wildman–Crippen LogP) is 3.74. The van der Waals surface area contributed by atoms with Gasteiger partial charge in [-0.1, -0.05) is 30.3 Å². The SMILES string of the molecule is O=c1c2c(CO)c(-c3cccc(F)c3)nn2ccn1Cc1ccccc1OC(F)(F)F. The Hall–Kier alpha value is -3.66. The van der Waals surface area contributed by atoms with E-state index in [2.05, 4.69) is 9.84 Å². The lowest BCUT2D eigenvalue weighted by Crippen LogP contribution is -2.24. The van der Waals surface area contributed by atoms with Crippen LogP contribution in [0.4, 0.5) is 17.6 Å². The minimum absolute atomic E-state index is 0.0403. The molecule has 0 saturated carbocycles. The molecule has 0 atom stereocenters. The number of aliphatic hydroxyl groups excluding tert-OH is 1. The van der Waals surface area contributed by atoms with Crippen molar-refractivity contribution in [2.24, 2.45) is 0 Å². The molecule has 0 unspecified atom stereocenters. The highest BCUT2D eigenvalue weighted by atomic mass is 19.4. The number of hydrogen-bond donors (Lipinski definition) is 1. The van der Waals surface area contributed by atoms with Gasteiger partial charge in [0.05, 0.1) is 18.8 Å². The number of aliphatic hydroxyl groups is 1. The number of para-hydroxylation sites is 1. The van der Waals surface area contributed by atoms with Crippen LogP contribution in [0.25, 0.3) is 16.8 Å². The molecular formula is C21H15F4N3O3. The molecule has 0 spiro atoms. The highest BCUT2D eigenvalue weighted by Gasteiger charge is 2.32. The summed E-state index contributed by atoms with van der Waals surface area (Å²) in [5.41, 5.74) is 0.397. The third-order valence-corrected chi connectivity index (χ3v) is 4.65. The summed E-state index contributed by atoms with van der Waals surface area (Å²) in [4.78, 5) is 13.1. The summed E-state index contributed by atoms with van der Waals surface area (Å²) in [5.74, 6) is -0.921. The number of hydrogen-bond acceptors (Lipinski definition) is 4. The Morgan fingerprint density at radius 3 is 2.55 bits per heavy atom. The van der Waals surface area contributed by atoms with Crippen LogP contribution in [0.3, 0.4) is 0 Å². The maximum atomic E-state index is 13.6. The van der Waals surface area contributed by atoms with E-state index in [0.29, 0.717) is 5.56 Å². The Morgan fingerprint density at radius 2 is 1.84 bits per heavy atom. The monoisotopic (exact) mass is 433 g/mol. The van der Waals surface area contributed by atoms with Crippen molar-refractivity contribution in [2.75, 3.05) is 0 Å². The van der Waals surface area contributed by atoms with Gasteiger partial charge in [0.25, 0.3) is 5.56 Å². The van der Waals surface area contributed by atoms with E-state index in [9.17, 15) is 27.5 Å². The minimum atomic E-state index is -4.87. The van der Waals surface area contributed by atoms with E-state index in [1.165, 1.54) is 57.9 Å². The number of ether oxygens (including phenoxy) is 1. The summed E-state index contributed by atoms with van der Waals surface area (Å²) in [7, 11) is 0. The second kappa shape index (κ2) is 7.88. The van der Waals surface area contributed by atoms with Crippen molar-refractivity contribution in [2.45, 2.75) is 19.5 Å². The number of halogens is 4. The van der Waals surface area contributed by atoms with Crippen LogP contribution in [0, 0.1) is 5.82 Å². The van der Waals surface area contributed by atoms with Gasteiger partial charge < -0.3 is 14.4 Å². The van der Waals surface area contributed by atoms with Crippen molar-refractivity contribution in [3.63, 3.8) is 0 Å². The molecule has 6 nitrogen and oxygen atoms in total. The fourth-order valence-corrected chi connectivity index (χ4v) is 3.34. The Bertz CT molecular complexity index is 1310. The third-order valence-electron chi connectivity index (χ3n) is 4.65. The first kappa shape index (κ1) is 20.6. The van der Waals surface area contributed by atoms with Gasteiger partial charge in [0.2, 0.25) is 0 Å². The molecule has 10 heteroatoms. The molecule has 1 N–H and O–H groups in total. The quantitative estimate of drug-likeness (QED) is 0.487. The van der Waals surface area contributed by atoms with Gasteiger partial charge in [-0.3, -0.25) is 4.79 Å². The molecule has 4 aromatic rings. The van der Waals surface area contributed by atoms with E-state index in [4.69, 9.17) is 0 Å². The number of rotatable bonds is 5. The highest BCUT2D eigenvalue weighted by Crippen LogP contribution is 2.28. The summed E-state index contributed by atoms with van der Waals surface area (Å²) in [6.45, 7) is -0.741. The zero-order chi connectivity index (χ0) is 22.2. The Morgan fingerprint density at radius 1 is 1.06 bits per heavy atom. The molecule has 0 radical (unpaired) electrons. The van der Waals surface area contributed by atoms with E-state index in [1.54, 1.807) is 6.07 Å². The molecule has 0 aliphatic carbocycles. The van der Waals surface area contributed by atoms with Crippen LogP contribution in [0.5, 0.6) is 5.75 Å². The summed E-state index contributed by atoms with van der Waals surface area (Å²) >= 11 is 0. The van der Waals surface area contributed by atoms with E-state index >= 15 is 0 Å². The molecule has 0 aliphatic rings. The van der Waals surface area contributed by atoms with Crippen molar-refractivity contribution in [1.29, 1.82) is 0 Å². The van der Waals surface area contributed by atoms with Crippen LogP contribution < -0.4 is 10.3 Å². The van der Waals surface area contributed by atoms with E-state index < -0.39 is 30.1 Å². The van der Waals surface area contributed by atoms with Crippen LogP contribution in [-0.2, 0) is 13.2 Å². The Kier molecular flexibility index (Phi) is 5.24. The fourth-order valence-electron chi connectivity index (χ4n) is 3.34. The molecule has 2 aromatic heterocycles. The van der Waals surface area contributed by atoms with Crippen LogP contribution in [-0.4, -0.2) is 25.7 Å². The molecule has 0 amide bonds. The van der Waals surface area contributed by atoms with Gasteiger partial charge >= 0.3 is 6.36 Å². The summed E-state index contributed by atoms with van der Waals surface area (Å²) in [5, 5.41) is 14.1. The Labute approximate surface area is 172 Å². The fraction of sp³-hybridized carbons (Fsp3) is 0.143. The largest absolute Gasteiger partial charge is 0.573 e. The summed E-state index contributed by atoms with van der Waals surface area (Å²) in [6, 6.07) is 11.0. The predicted molar refractivity (Wildman–Crippen MR) is 103 cm³/mol. The lowest BCUT2D eigenvalue weighted by Gasteiger charge is -2.14. The first-order valence-corrected chi connectivity index (χ1v) is 9.08. The number of alkyl halides is 3. The zero-order valence-corrected chi connectivity index (χ0v) is 15.8. The van der Waals surface area contributed by atoms with Gasteiger partial charge in [-0.25, -0.2) is 8.91 Å². The molecule has 2 aromatic carbocycles. The highest BCUT2D eigenvalue weighted by molar-refractivity contribution is 5.72. The molecule has 160 valence electrons. The average Bonchev–Trinajstić information content (AvgIpc) is 3.10. The maximum absolute atomic E-state index is 13.6. The van der Waals surface area contributed by atoms with Crippen molar-refractivity contribution in [3.05, 3.63) is 88.2 Å². The molecule has 0 aliphatic heterocycles. The number of benzene rings is 2. The van der Waals surface area contributed by atoms with Gasteiger partial charge in [0.1, 0.15) is 17.1 Å². The normalized spacial score (nSPS) is 11.8. The molecule has 0 fully saturated rings. The average molecular weight is 433 g/mol. The van der Waals surface area contributed by atoms with E-state index in [-0.39, 0.29) is 28.9 Å².